The van der Waals surface area contributed by atoms with Crippen LogP contribution >= 0.6 is 0 Å². The minimum absolute atomic E-state index is 0.0136. The van der Waals surface area contributed by atoms with E-state index in [2.05, 4.69) is 6.92 Å². The summed E-state index contributed by atoms with van der Waals surface area (Å²) in [5, 5.41) is 112. The van der Waals surface area contributed by atoms with Crippen LogP contribution in [0.3, 0.4) is 0 Å². The average Bonchev–Trinajstić information content (AvgIpc) is 3.59. The van der Waals surface area contributed by atoms with Gasteiger partial charge in [-0.25, -0.2) is 4.79 Å². The standard InChI is InChI=1S/C52H80O21/c1-24(2)19-35(54)67-25(3)30-21-34(72-45(62)27-11-9-8-10-12-27)52(64)50(30,6)17-15-33-49(5)16-14-29(20-28(49)13-18-51(33,52)63)69-48-42(61)44(65-7)43(26(4)68-48)73-47-41(60)39(58)37(56)32(71-47)23-66-46-40(59)38(57)36(55)31(22-53)70-46/h8-12,24-26,28-34,36-44,46-48,53,55-61,63-64H,13-23H2,1-7H3. The van der Waals surface area contributed by atoms with Gasteiger partial charge in [0.2, 0.25) is 0 Å². The molecule has 1 aromatic rings. The Bertz CT molecular complexity index is 2030. The van der Waals surface area contributed by atoms with Crippen molar-refractivity contribution in [2.75, 3.05) is 20.3 Å². The van der Waals surface area contributed by atoms with E-state index in [1.807, 2.05) is 27.7 Å². The molecule has 21 nitrogen and oxygen atoms in total. The fraction of sp³-hybridized carbons (Fsp3) is 0.846. The first-order valence-corrected chi connectivity index (χ1v) is 26.1. The van der Waals surface area contributed by atoms with Crippen LogP contribution in [0, 0.1) is 34.5 Å². The van der Waals surface area contributed by atoms with E-state index in [9.17, 15) is 60.7 Å². The number of rotatable bonds is 15. The first-order chi connectivity index (χ1) is 34.4. The molecular formula is C52H80O21. The fourth-order valence-corrected chi connectivity index (χ4v) is 14.2. The second kappa shape index (κ2) is 22.1. The summed E-state index contributed by atoms with van der Waals surface area (Å²) < 4.78 is 53.8. The third-order valence-electron chi connectivity index (χ3n) is 18.3. The van der Waals surface area contributed by atoms with Crippen molar-refractivity contribution in [1.29, 1.82) is 0 Å². The smallest absolute Gasteiger partial charge is 0.338 e. The maximum atomic E-state index is 13.8. The lowest BCUT2D eigenvalue weighted by Crippen LogP contribution is -2.76. The number of methoxy groups -OCH3 is 1. The highest BCUT2D eigenvalue weighted by Crippen LogP contribution is 2.71. The van der Waals surface area contributed by atoms with Gasteiger partial charge in [0.1, 0.15) is 90.6 Å². The van der Waals surface area contributed by atoms with Crippen LogP contribution in [0.1, 0.15) is 110 Å². The molecule has 7 aliphatic rings. The molecule has 4 aliphatic carbocycles. The van der Waals surface area contributed by atoms with Gasteiger partial charge in [0.15, 0.2) is 18.9 Å². The number of hydrogen-bond acceptors (Lipinski definition) is 21. The predicted molar refractivity (Wildman–Crippen MR) is 251 cm³/mol. The topological polar surface area (TPSA) is 320 Å². The summed E-state index contributed by atoms with van der Waals surface area (Å²) in [6.07, 6.45) is -20.4. The highest BCUT2D eigenvalue weighted by Gasteiger charge is 2.78. The van der Waals surface area contributed by atoms with Crippen molar-refractivity contribution in [2.24, 2.45) is 34.5 Å². The summed E-state index contributed by atoms with van der Waals surface area (Å²) in [5.41, 5.74) is -4.76. The van der Waals surface area contributed by atoms with E-state index in [1.54, 1.807) is 37.3 Å². The number of carbonyl (C=O) groups is 2. The Kier molecular flexibility index (Phi) is 17.1. The van der Waals surface area contributed by atoms with E-state index in [-0.39, 0.29) is 37.1 Å². The minimum atomic E-state index is -1.90. The molecule has 3 heterocycles. The summed E-state index contributed by atoms with van der Waals surface area (Å²) in [4.78, 5) is 26.8. The van der Waals surface area contributed by atoms with Gasteiger partial charge in [-0.2, -0.15) is 0 Å². The highest BCUT2D eigenvalue weighted by atomic mass is 16.8. The lowest BCUT2D eigenvalue weighted by molar-refractivity contribution is -0.367. The van der Waals surface area contributed by atoms with Crippen LogP contribution in [0.15, 0.2) is 30.3 Å². The van der Waals surface area contributed by atoms with Crippen molar-refractivity contribution < 1.29 is 103 Å². The Morgan fingerprint density at radius 1 is 0.740 bits per heavy atom. The molecule has 21 heteroatoms. The Morgan fingerprint density at radius 3 is 2.04 bits per heavy atom. The lowest BCUT2D eigenvalue weighted by atomic mass is 9.41. The van der Waals surface area contributed by atoms with Crippen molar-refractivity contribution in [1.82, 2.24) is 0 Å². The van der Waals surface area contributed by atoms with Gasteiger partial charge in [-0.3, -0.25) is 4.79 Å². The normalized spacial score (nSPS) is 48.2. The van der Waals surface area contributed by atoms with Crippen LogP contribution in [0.5, 0.6) is 0 Å². The van der Waals surface area contributed by atoms with Crippen molar-refractivity contribution >= 4 is 11.9 Å². The Hall–Kier alpha value is -2.52. The maximum Gasteiger partial charge on any atom is 0.338 e. The molecule has 7 fully saturated rings. The Morgan fingerprint density at radius 2 is 1.38 bits per heavy atom. The van der Waals surface area contributed by atoms with Gasteiger partial charge in [0.05, 0.1) is 31.0 Å². The number of aliphatic hydroxyl groups excluding tert-OH is 8. The third-order valence-corrected chi connectivity index (χ3v) is 18.3. The first-order valence-electron chi connectivity index (χ1n) is 26.1. The van der Waals surface area contributed by atoms with E-state index in [0.29, 0.717) is 44.1 Å². The van der Waals surface area contributed by atoms with Gasteiger partial charge in [0, 0.05) is 24.9 Å². The van der Waals surface area contributed by atoms with Crippen molar-refractivity contribution in [2.45, 2.75) is 221 Å². The summed E-state index contributed by atoms with van der Waals surface area (Å²) in [6, 6.07) is 8.53. The number of hydrogen-bond donors (Lipinski definition) is 10. The quantitative estimate of drug-likeness (QED) is 0.0829. The number of fused-ring (bicyclic) bond motifs is 5. The molecule has 1 aromatic carbocycles. The predicted octanol–water partition coefficient (Wildman–Crippen LogP) is 0.204. The van der Waals surface area contributed by atoms with Crippen molar-refractivity contribution in [3.05, 3.63) is 35.9 Å². The SMILES string of the molecule is COC1C(O)C(OC2CCC3(C)C(CCC4(O)C3CCC3(C)C(C(C)OC(=O)CC(C)C)CC(OC(=O)c5ccccc5)C34O)C2)OC(C)C1OC1OC(COC2OC(CO)C(O)C(O)C2O)C(O)C(O)C1O. The summed E-state index contributed by atoms with van der Waals surface area (Å²) in [7, 11) is 1.35. The number of aliphatic hydroxyl groups is 10. The van der Waals surface area contributed by atoms with Crippen LogP contribution in [-0.4, -0.2) is 205 Å². The zero-order valence-electron chi connectivity index (χ0n) is 42.8. The van der Waals surface area contributed by atoms with Crippen LogP contribution in [-0.2, 0) is 47.4 Å². The summed E-state index contributed by atoms with van der Waals surface area (Å²) in [5.74, 6) is -1.71. The second-order valence-corrected chi connectivity index (χ2v) is 22.9. The van der Waals surface area contributed by atoms with Gasteiger partial charge in [-0.05, 0) is 101 Å². The molecule has 3 aliphatic heterocycles. The van der Waals surface area contributed by atoms with Crippen molar-refractivity contribution in [3.8, 4) is 0 Å². The van der Waals surface area contributed by atoms with E-state index in [1.165, 1.54) is 7.11 Å². The average molecular weight is 1040 g/mol. The number of esters is 2. The molecule has 73 heavy (non-hydrogen) atoms. The van der Waals surface area contributed by atoms with Crippen LogP contribution < -0.4 is 0 Å². The fourth-order valence-electron chi connectivity index (χ4n) is 14.2. The molecule has 0 spiro atoms. The molecule has 0 radical (unpaired) electrons. The van der Waals surface area contributed by atoms with Gasteiger partial charge >= 0.3 is 11.9 Å². The summed E-state index contributed by atoms with van der Waals surface area (Å²) in [6.45, 7) is 10.2. The second-order valence-electron chi connectivity index (χ2n) is 22.9. The third kappa shape index (κ3) is 10.2. The number of carbonyl (C=O) groups excluding carboxylic acids is 2. The van der Waals surface area contributed by atoms with E-state index >= 15 is 0 Å². The van der Waals surface area contributed by atoms with Crippen LogP contribution in [0.25, 0.3) is 0 Å². The minimum Gasteiger partial charge on any atom is -0.462 e. The Balaban J connectivity index is 0.931. The zero-order valence-corrected chi connectivity index (χ0v) is 42.8. The zero-order chi connectivity index (χ0) is 53.1. The van der Waals surface area contributed by atoms with Gasteiger partial charge in [-0.15, -0.1) is 0 Å². The van der Waals surface area contributed by atoms with E-state index < -0.39 is 163 Å². The monoisotopic (exact) mass is 1040 g/mol. The molecule has 25 unspecified atom stereocenters. The molecule has 8 rings (SSSR count). The van der Waals surface area contributed by atoms with E-state index in [4.69, 9.17) is 42.6 Å². The summed E-state index contributed by atoms with van der Waals surface area (Å²) >= 11 is 0. The highest BCUT2D eigenvalue weighted by molar-refractivity contribution is 5.89. The molecule has 10 N–H and O–H groups in total. The molecule has 0 aromatic heterocycles. The molecule has 25 atom stereocenters. The van der Waals surface area contributed by atoms with Gasteiger partial charge < -0.3 is 93.7 Å². The maximum absolute atomic E-state index is 13.8. The van der Waals surface area contributed by atoms with E-state index in [0.717, 1.165) is 0 Å². The molecule has 0 bridgehead atoms. The molecule has 3 saturated heterocycles. The molecule has 0 amide bonds. The number of ether oxygens (including phenoxy) is 9. The van der Waals surface area contributed by atoms with Crippen LogP contribution in [0.4, 0.5) is 0 Å². The van der Waals surface area contributed by atoms with Crippen LogP contribution in [0.2, 0.25) is 0 Å². The first kappa shape index (κ1) is 56.7. The molecule has 4 saturated carbocycles. The van der Waals surface area contributed by atoms with Gasteiger partial charge in [0.25, 0.3) is 0 Å². The molecular weight excluding hydrogens is 961 g/mol. The largest absolute Gasteiger partial charge is 0.462 e. The lowest BCUT2D eigenvalue weighted by Gasteiger charge is -2.67. The molecule has 414 valence electrons. The van der Waals surface area contributed by atoms with Crippen molar-refractivity contribution in [3.63, 3.8) is 0 Å². The van der Waals surface area contributed by atoms with Gasteiger partial charge in [-0.1, -0.05) is 45.9 Å². The Labute approximate surface area is 425 Å². The number of benzene rings is 1.